The summed E-state index contributed by atoms with van der Waals surface area (Å²) in [4.78, 5) is 12.5. The predicted octanol–water partition coefficient (Wildman–Crippen LogP) is 4.23. The third kappa shape index (κ3) is 2.65. The molecule has 3 rings (SSSR count). The van der Waals surface area contributed by atoms with E-state index in [1.165, 1.54) is 5.56 Å². The van der Waals surface area contributed by atoms with Crippen molar-refractivity contribution in [3.63, 3.8) is 0 Å². The summed E-state index contributed by atoms with van der Waals surface area (Å²) in [5.41, 5.74) is 4.57. The maximum Gasteiger partial charge on any atom is 0.278 e. The number of nitrogens with one attached hydrogen (secondary N) is 1. The number of aryl methyl sites for hydroxylation is 2. The van der Waals surface area contributed by atoms with Gasteiger partial charge in [-0.05, 0) is 55.9 Å². The second-order valence-electron chi connectivity index (χ2n) is 6.57. The molecule has 1 aromatic heterocycles. The van der Waals surface area contributed by atoms with Crippen LogP contribution in [0.1, 0.15) is 59.1 Å². The minimum Gasteiger partial charge on any atom is -0.360 e. The third-order valence-electron chi connectivity index (χ3n) is 4.55. The molecule has 2 aromatic rings. The maximum atomic E-state index is 12.5. The van der Waals surface area contributed by atoms with Crippen LogP contribution >= 0.6 is 0 Å². The van der Waals surface area contributed by atoms with Crippen molar-refractivity contribution in [2.24, 2.45) is 5.92 Å². The molecule has 22 heavy (non-hydrogen) atoms. The molecule has 1 aliphatic rings. The highest BCUT2D eigenvalue weighted by Gasteiger charge is 2.31. The van der Waals surface area contributed by atoms with Crippen LogP contribution in [-0.2, 0) is 6.42 Å². The smallest absolute Gasteiger partial charge is 0.278 e. The number of aromatic nitrogens is 1. The molecule has 1 N–H and O–H groups in total. The molecule has 2 atom stereocenters. The van der Waals surface area contributed by atoms with Crippen molar-refractivity contribution in [3.8, 4) is 0 Å². The molecule has 2 unspecified atom stereocenters. The van der Waals surface area contributed by atoms with E-state index in [9.17, 15) is 4.79 Å². The Kier molecular flexibility index (Phi) is 3.77. The van der Waals surface area contributed by atoms with Crippen LogP contribution in [0, 0.1) is 19.8 Å². The van der Waals surface area contributed by atoms with Crippen LogP contribution in [0.5, 0.6) is 0 Å². The van der Waals surface area contributed by atoms with E-state index in [0.717, 1.165) is 35.4 Å². The summed E-state index contributed by atoms with van der Waals surface area (Å²) < 4.78 is 5.44. The lowest BCUT2D eigenvalue weighted by Crippen LogP contribution is -2.19. The molecule has 0 bridgehead atoms. The van der Waals surface area contributed by atoms with Crippen LogP contribution in [0.25, 0.3) is 0 Å². The van der Waals surface area contributed by atoms with Gasteiger partial charge in [0.2, 0.25) is 0 Å². The highest BCUT2D eigenvalue weighted by Crippen LogP contribution is 2.36. The van der Waals surface area contributed by atoms with Gasteiger partial charge in [0.15, 0.2) is 5.69 Å². The van der Waals surface area contributed by atoms with Gasteiger partial charge in [0.25, 0.3) is 5.91 Å². The largest absolute Gasteiger partial charge is 0.360 e. The molecule has 0 saturated heterocycles. The molecule has 0 fully saturated rings. The van der Waals surface area contributed by atoms with Crippen molar-refractivity contribution < 1.29 is 9.32 Å². The first-order chi connectivity index (χ1) is 10.5. The number of rotatable bonds is 2. The first-order valence-electron chi connectivity index (χ1n) is 7.82. The summed E-state index contributed by atoms with van der Waals surface area (Å²) >= 11 is 0. The number of amides is 1. The van der Waals surface area contributed by atoms with Gasteiger partial charge in [-0.3, -0.25) is 4.79 Å². The molecule has 4 nitrogen and oxygen atoms in total. The Balaban J connectivity index is 1.85. The van der Waals surface area contributed by atoms with Crippen molar-refractivity contribution in [1.29, 1.82) is 0 Å². The Bertz CT molecular complexity index is 718. The quantitative estimate of drug-likeness (QED) is 0.902. The van der Waals surface area contributed by atoms with Crippen molar-refractivity contribution in [2.45, 2.75) is 46.5 Å². The molecule has 1 heterocycles. The summed E-state index contributed by atoms with van der Waals surface area (Å²) in [6.45, 7) is 8.42. The van der Waals surface area contributed by atoms with Crippen LogP contribution in [0.2, 0.25) is 0 Å². The maximum absolute atomic E-state index is 12.5. The minimum absolute atomic E-state index is 0.186. The lowest BCUT2D eigenvalue weighted by atomic mass is 9.82. The van der Waals surface area contributed by atoms with E-state index < -0.39 is 0 Å². The van der Waals surface area contributed by atoms with Gasteiger partial charge in [-0.1, -0.05) is 25.1 Å². The number of nitrogens with zero attached hydrogens (tertiary/aromatic N) is 1. The van der Waals surface area contributed by atoms with Gasteiger partial charge in [-0.2, -0.15) is 0 Å². The Morgan fingerprint density at radius 3 is 2.77 bits per heavy atom. The molecular weight excluding hydrogens is 276 g/mol. The lowest BCUT2D eigenvalue weighted by molar-refractivity contribution is 0.101. The zero-order valence-corrected chi connectivity index (χ0v) is 13.6. The molecule has 1 aromatic carbocycles. The zero-order valence-electron chi connectivity index (χ0n) is 13.6. The minimum atomic E-state index is -0.186. The fourth-order valence-corrected chi connectivity index (χ4v) is 3.24. The van der Waals surface area contributed by atoms with E-state index >= 15 is 0 Å². The second kappa shape index (κ2) is 5.59. The first-order valence-corrected chi connectivity index (χ1v) is 7.82. The number of hydrogen-bond acceptors (Lipinski definition) is 3. The van der Waals surface area contributed by atoms with E-state index in [1.807, 2.05) is 25.1 Å². The second-order valence-corrected chi connectivity index (χ2v) is 6.57. The molecule has 4 heteroatoms. The Hall–Kier alpha value is -2.10. The topological polar surface area (TPSA) is 55.1 Å². The van der Waals surface area contributed by atoms with E-state index in [2.05, 4.69) is 31.2 Å². The van der Waals surface area contributed by atoms with Gasteiger partial charge in [-0.25, -0.2) is 0 Å². The summed E-state index contributed by atoms with van der Waals surface area (Å²) in [6.07, 6.45) is 1.94. The standard InChI is InChI=1S/C18H22N2O2/c1-10-7-13(4)17-15(8-10)16(20-22-17)18(21)19-14-6-5-11(2)12(3)9-14/h5-6,9-10,13H,7-8H2,1-4H3,(H,19,21). The monoisotopic (exact) mass is 298 g/mol. The third-order valence-corrected chi connectivity index (χ3v) is 4.55. The number of hydrogen-bond donors (Lipinski definition) is 1. The van der Waals surface area contributed by atoms with E-state index in [1.54, 1.807) is 0 Å². The van der Waals surface area contributed by atoms with E-state index in [-0.39, 0.29) is 5.91 Å². The SMILES string of the molecule is Cc1ccc(NC(=O)c2noc3c2CC(C)CC3C)cc1C. The van der Waals surface area contributed by atoms with Crippen LogP contribution in [0.4, 0.5) is 5.69 Å². The van der Waals surface area contributed by atoms with Crippen molar-refractivity contribution in [3.05, 3.63) is 46.3 Å². The zero-order chi connectivity index (χ0) is 15.9. The van der Waals surface area contributed by atoms with E-state index in [4.69, 9.17) is 4.52 Å². The van der Waals surface area contributed by atoms with Gasteiger partial charge in [-0.15, -0.1) is 0 Å². The highest BCUT2D eigenvalue weighted by atomic mass is 16.5. The first kappa shape index (κ1) is 14.8. The number of benzene rings is 1. The average Bonchev–Trinajstić information content (AvgIpc) is 2.87. The summed E-state index contributed by atoms with van der Waals surface area (Å²) in [7, 11) is 0. The molecule has 116 valence electrons. The highest BCUT2D eigenvalue weighted by molar-refractivity contribution is 6.04. The van der Waals surface area contributed by atoms with Crippen molar-refractivity contribution in [2.75, 3.05) is 5.32 Å². The Labute approximate surface area is 130 Å². The summed E-state index contributed by atoms with van der Waals surface area (Å²) in [6, 6.07) is 5.90. The summed E-state index contributed by atoms with van der Waals surface area (Å²) in [5, 5.41) is 6.96. The number of fused-ring (bicyclic) bond motifs is 1. The van der Waals surface area contributed by atoms with E-state index in [0.29, 0.717) is 17.5 Å². The predicted molar refractivity (Wildman–Crippen MR) is 86.3 cm³/mol. The van der Waals surface area contributed by atoms with Crippen LogP contribution in [-0.4, -0.2) is 11.1 Å². The Morgan fingerprint density at radius 1 is 1.27 bits per heavy atom. The molecule has 0 radical (unpaired) electrons. The number of carbonyl (C=O) groups excluding carboxylic acids is 1. The molecule has 0 spiro atoms. The lowest BCUT2D eigenvalue weighted by Gasteiger charge is -2.22. The average molecular weight is 298 g/mol. The van der Waals surface area contributed by atoms with Crippen LogP contribution in [0.3, 0.4) is 0 Å². The van der Waals surface area contributed by atoms with Gasteiger partial charge in [0.1, 0.15) is 5.76 Å². The van der Waals surface area contributed by atoms with Crippen LogP contribution in [0.15, 0.2) is 22.7 Å². The normalized spacial score (nSPS) is 20.5. The van der Waals surface area contributed by atoms with Gasteiger partial charge < -0.3 is 9.84 Å². The fraction of sp³-hybridized carbons (Fsp3) is 0.444. The molecular formula is C18H22N2O2. The molecule has 0 saturated carbocycles. The fourth-order valence-electron chi connectivity index (χ4n) is 3.24. The van der Waals surface area contributed by atoms with Crippen molar-refractivity contribution in [1.82, 2.24) is 5.16 Å². The van der Waals surface area contributed by atoms with Gasteiger partial charge >= 0.3 is 0 Å². The molecule has 1 amide bonds. The van der Waals surface area contributed by atoms with Gasteiger partial charge in [0.05, 0.1) is 0 Å². The van der Waals surface area contributed by atoms with Gasteiger partial charge in [0, 0.05) is 17.2 Å². The molecule has 1 aliphatic carbocycles. The van der Waals surface area contributed by atoms with Crippen LogP contribution < -0.4 is 5.32 Å². The molecule has 0 aliphatic heterocycles. The van der Waals surface area contributed by atoms with Crippen molar-refractivity contribution >= 4 is 11.6 Å². The number of carbonyl (C=O) groups is 1. The Morgan fingerprint density at radius 2 is 2.05 bits per heavy atom. The summed E-state index contributed by atoms with van der Waals surface area (Å²) in [5.74, 6) is 1.57. The number of anilines is 1.